The van der Waals surface area contributed by atoms with Gasteiger partial charge in [0, 0.05) is 9.85 Å². The molecule has 1 aromatic rings. The van der Waals surface area contributed by atoms with Crippen molar-refractivity contribution < 1.29 is 0 Å². The molecule has 0 aliphatic carbocycles. The van der Waals surface area contributed by atoms with E-state index in [1.807, 2.05) is 12.1 Å². The van der Waals surface area contributed by atoms with E-state index in [1.54, 1.807) is 0 Å². The van der Waals surface area contributed by atoms with Crippen LogP contribution in [0.2, 0.25) is 5.02 Å². The number of hydrogen-bond donors (Lipinski definition) is 0. The highest BCUT2D eigenvalue weighted by Crippen LogP contribution is 2.19. The van der Waals surface area contributed by atoms with E-state index in [-0.39, 0.29) is 0 Å². The normalized spacial score (nSPS) is 15.1. The highest BCUT2D eigenvalue weighted by atomic mass is 79.9. The lowest BCUT2D eigenvalue weighted by Crippen LogP contribution is -2.05. The first-order valence-corrected chi connectivity index (χ1v) is 6.26. The Morgan fingerprint density at radius 1 is 1.36 bits per heavy atom. The van der Waals surface area contributed by atoms with Gasteiger partial charge in [0.1, 0.15) is 0 Å². The van der Waals surface area contributed by atoms with Crippen LogP contribution in [-0.2, 0) is 6.42 Å². The summed E-state index contributed by atoms with van der Waals surface area (Å²) >= 11 is 9.50. The van der Waals surface area contributed by atoms with Crippen molar-refractivity contribution in [3.05, 3.63) is 34.9 Å². The Morgan fingerprint density at radius 2 is 2.07 bits per heavy atom. The second-order valence-electron chi connectivity index (χ2n) is 3.96. The summed E-state index contributed by atoms with van der Waals surface area (Å²) < 4.78 is 0. The third kappa shape index (κ3) is 4.47. The third-order valence-electron chi connectivity index (χ3n) is 2.20. The Bertz CT molecular complexity index is 283. The van der Waals surface area contributed by atoms with Crippen LogP contribution in [0.3, 0.4) is 0 Å². The van der Waals surface area contributed by atoms with Gasteiger partial charge in [-0.2, -0.15) is 0 Å². The van der Waals surface area contributed by atoms with Gasteiger partial charge >= 0.3 is 0 Å². The summed E-state index contributed by atoms with van der Waals surface area (Å²) in [5, 5.41) is 0.835. The molecular formula is C12H16BrCl. The molecule has 0 saturated heterocycles. The lowest BCUT2D eigenvalue weighted by atomic mass is 9.97. The Kier molecular flexibility index (Phi) is 4.97. The number of alkyl halides is 1. The predicted octanol–water partition coefficient (Wildman–Crippen LogP) is 4.69. The molecule has 78 valence electrons. The SMILES string of the molecule is CC(Br)CC(C)Cc1cccc(Cl)c1. The molecule has 2 unspecified atom stereocenters. The molecule has 1 aromatic carbocycles. The van der Waals surface area contributed by atoms with E-state index >= 15 is 0 Å². The van der Waals surface area contributed by atoms with Gasteiger partial charge in [-0.15, -0.1) is 0 Å². The monoisotopic (exact) mass is 274 g/mol. The molecule has 0 heterocycles. The molecule has 0 aliphatic heterocycles. The zero-order valence-electron chi connectivity index (χ0n) is 8.63. The van der Waals surface area contributed by atoms with Crippen molar-refractivity contribution in [2.24, 2.45) is 5.92 Å². The Morgan fingerprint density at radius 3 is 2.64 bits per heavy atom. The zero-order chi connectivity index (χ0) is 10.6. The quantitative estimate of drug-likeness (QED) is 0.699. The minimum absolute atomic E-state index is 0.594. The first kappa shape index (κ1) is 12.1. The van der Waals surface area contributed by atoms with Crippen molar-refractivity contribution >= 4 is 27.5 Å². The molecule has 0 nitrogen and oxygen atoms in total. The fourth-order valence-corrected chi connectivity index (χ4v) is 2.56. The summed E-state index contributed by atoms with van der Waals surface area (Å²) in [6, 6.07) is 8.13. The fourth-order valence-electron chi connectivity index (χ4n) is 1.70. The van der Waals surface area contributed by atoms with Crippen LogP contribution in [0.5, 0.6) is 0 Å². The van der Waals surface area contributed by atoms with Crippen molar-refractivity contribution in [3.8, 4) is 0 Å². The van der Waals surface area contributed by atoms with Gasteiger partial charge in [0.25, 0.3) is 0 Å². The van der Waals surface area contributed by atoms with Crippen LogP contribution in [0.4, 0.5) is 0 Å². The summed E-state index contributed by atoms with van der Waals surface area (Å²) in [6.45, 7) is 4.47. The lowest BCUT2D eigenvalue weighted by molar-refractivity contribution is 0.533. The standard InChI is InChI=1S/C12H16BrCl/c1-9(6-10(2)13)7-11-4-3-5-12(14)8-11/h3-5,8-10H,6-7H2,1-2H3. The second-order valence-corrected chi connectivity index (χ2v) is 5.96. The van der Waals surface area contributed by atoms with Crippen LogP contribution >= 0.6 is 27.5 Å². The van der Waals surface area contributed by atoms with Crippen molar-refractivity contribution in [2.45, 2.75) is 31.5 Å². The molecule has 2 atom stereocenters. The largest absolute Gasteiger partial charge is 0.0894 e. The van der Waals surface area contributed by atoms with Gasteiger partial charge in [-0.1, -0.05) is 53.5 Å². The topological polar surface area (TPSA) is 0 Å². The van der Waals surface area contributed by atoms with E-state index in [0.29, 0.717) is 10.7 Å². The maximum atomic E-state index is 5.92. The van der Waals surface area contributed by atoms with Gasteiger partial charge in [-0.3, -0.25) is 0 Å². The van der Waals surface area contributed by atoms with E-state index in [4.69, 9.17) is 11.6 Å². The molecule has 0 aromatic heterocycles. The van der Waals surface area contributed by atoms with Gasteiger partial charge in [0.15, 0.2) is 0 Å². The van der Waals surface area contributed by atoms with Gasteiger partial charge in [-0.05, 0) is 36.5 Å². The van der Waals surface area contributed by atoms with Crippen LogP contribution in [0.1, 0.15) is 25.8 Å². The Labute approximate surface area is 99.8 Å². The van der Waals surface area contributed by atoms with E-state index in [2.05, 4.69) is 41.9 Å². The van der Waals surface area contributed by atoms with Gasteiger partial charge in [0.05, 0.1) is 0 Å². The second kappa shape index (κ2) is 5.77. The van der Waals surface area contributed by atoms with Gasteiger partial charge < -0.3 is 0 Å². The minimum atomic E-state index is 0.594. The van der Waals surface area contributed by atoms with E-state index in [1.165, 1.54) is 12.0 Å². The van der Waals surface area contributed by atoms with Crippen LogP contribution < -0.4 is 0 Å². The zero-order valence-corrected chi connectivity index (χ0v) is 11.0. The maximum Gasteiger partial charge on any atom is 0.0408 e. The fraction of sp³-hybridized carbons (Fsp3) is 0.500. The summed E-state index contributed by atoms with van der Waals surface area (Å²) in [7, 11) is 0. The van der Waals surface area contributed by atoms with Crippen LogP contribution in [0.25, 0.3) is 0 Å². The summed E-state index contributed by atoms with van der Waals surface area (Å²) in [6.07, 6.45) is 2.31. The number of halogens is 2. The average Bonchev–Trinajstić information content (AvgIpc) is 2.01. The highest BCUT2D eigenvalue weighted by molar-refractivity contribution is 9.09. The van der Waals surface area contributed by atoms with Crippen LogP contribution in [-0.4, -0.2) is 4.83 Å². The van der Waals surface area contributed by atoms with E-state index in [9.17, 15) is 0 Å². The van der Waals surface area contributed by atoms with Crippen molar-refractivity contribution in [2.75, 3.05) is 0 Å². The number of hydrogen-bond acceptors (Lipinski definition) is 0. The number of rotatable bonds is 4. The molecule has 0 bridgehead atoms. The van der Waals surface area contributed by atoms with E-state index < -0.39 is 0 Å². The van der Waals surface area contributed by atoms with Crippen molar-refractivity contribution in [1.29, 1.82) is 0 Å². The maximum absolute atomic E-state index is 5.92. The third-order valence-corrected chi connectivity index (χ3v) is 2.81. The Hall–Kier alpha value is -0.0100. The molecule has 0 radical (unpaired) electrons. The first-order chi connectivity index (χ1) is 6.58. The molecule has 1 rings (SSSR count). The molecule has 0 amide bonds. The smallest absolute Gasteiger partial charge is 0.0408 e. The minimum Gasteiger partial charge on any atom is -0.0894 e. The van der Waals surface area contributed by atoms with Crippen LogP contribution in [0, 0.1) is 5.92 Å². The number of benzene rings is 1. The lowest BCUT2D eigenvalue weighted by Gasteiger charge is -2.12. The van der Waals surface area contributed by atoms with Crippen molar-refractivity contribution in [1.82, 2.24) is 0 Å². The molecule has 14 heavy (non-hydrogen) atoms. The molecule has 2 heteroatoms. The molecule has 0 aliphatic rings. The molecular weight excluding hydrogens is 259 g/mol. The summed E-state index contributed by atoms with van der Waals surface area (Å²) in [4.78, 5) is 0.594. The highest BCUT2D eigenvalue weighted by Gasteiger charge is 2.07. The van der Waals surface area contributed by atoms with Crippen molar-refractivity contribution in [3.63, 3.8) is 0 Å². The molecule has 0 N–H and O–H groups in total. The average molecular weight is 276 g/mol. The predicted molar refractivity (Wildman–Crippen MR) is 67.3 cm³/mol. The molecule has 0 saturated carbocycles. The Balaban J connectivity index is 2.51. The molecule has 0 fully saturated rings. The molecule has 0 spiro atoms. The summed E-state index contributed by atoms with van der Waals surface area (Å²) in [5.41, 5.74) is 1.33. The van der Waals surface area contributed by atoms with E-state index in [0.717, 1.165) is 11.4 Å². The van der Waals surface area contributed by atoms with Gasteiger partial charge in [-0.25, -0.2) is 0 Å². The van der Waals surface area contributed by atoms with Gasteiger partial charge in [0.2, 0.25) is 0 Å². The first-order valence-electron chi connectivity index (χ1n) is 4.96. The van der Waals surface area contributed by atoms with Crippen LogP contribution in [0.15, 0.2) is 24.3 Å². The summed E-state index contributed by atoms with van der Waals surface area (Å²) in [5.74, 6) is 0.697.